The molecule has 0 saturated carbocycles. The molecule has 0 spiro atoms. The zero-order chi connectivity index (χ0) is 21.5. The first-order chi connectivity index (χ1) is 13.5. The highest BCUT2D eigenvalue weighted by molar-refractivity contribution is 5.53. The summed E-state index contributed by atoms with van der Waals surface area (Å²) in [6.07, 6.45) is -4.40. The topological polar surface area (TPSA) is 40.5 Å². The number of benzene rings is 3. The van der Waals surface area contributed by atoms with Gasteiger partial charge < -0.3 is 10.2 Å². The first-order valence-corrected chi connectivity index (χ1v) is 9.26. The Morgan fingerprint density at radius 3 is 1.28 bits per heavy atom. The van der Waals surface area contributed by atoms with Gasteiger partial charge in [0, 0.05) is 5.92 Å². The number of phenolic OH excluding ortho intramolecular Hbond substituents is 2. The second-order valence-electron chi connectivity index (χ2n) is 7.56. The Hall–Kier alpha value is -2.95. The molecule has 29 heavy (non-hydrogen) atoms. The van der Waals surface area contributed by atoms with Gasteiger partial charge in [0.15, 0.2) is 0 Å². The largest absolute Gasteiger partial charge is 0.507 e. The number of aryl methyl sites for hydroxylation is 4. The van der Waals surface area contributed by atoms with Crippen molar-refractivity contribution in [1.82, 2.24) is 0 Å². The predicted molar refractivity (Wildman–Crippen MR) is 108 cm³/mol. The van der Waals surface area contributed by atoms with Crippen LogP contribution >= 0.6 is 0 Å². The van der Waals surface area contributed by atoms with Gasteiger partial charge in [-0.05, 0) is 78.8 Å². The summed E-state index contributed by atoms with van der Waals surface area (Å²) in [6.45, 7) is 7.18. The van der Waals surface area contributed by atoms with Gasteiger partial charge >= 0.3 is 6.18 Å². The van der Waals surface area contributed by atoms with E-state index >= 15 is 0 Å². The fourth-order valence-electron chi connectivity index (χ4n) is 3.75. The van der Waals surface area contributed by atoms with Gasteiger partial charge in [0.2, 0.25) is 0 Å². The standard InChI is InChI=1S/C24H23F3O2/c1-13-9-18(10-14(2)22(13)28)21(19-11-15(3)23(29)16(4)12-19)17-5-7-20(8-6-17)24(25,26)27/h5-12,21,28-29H,1-4H3. The molecule has 5 heteroatoms. The van der Waals surface area contributed by atoms with Gasteiger partial charge in [0.05, 0.1) is 5.56 Å². The van der Waals surface area contributed by atoms with Crippen LogP contribution in [0, 0.1) is 27.7 Å². The van der Waals surface area contributed by atoms with Crippen molar-refractivity contribution in [2.45, 2.75) is 39.8 Å². The highest BCUT2D eigenvalue weighted by Gasteiger charge is 2.30. The lowest BCUT2D eigenvalue weighted by molar-refractivity contribution is -0.137. The van der Waals surface area contributed by atoms with Gasteiger partial charge in [0.25, 0.3) is 0 Å². The van der Waals surface area contributed by atoms with E-state index in [1.807, 2.05) is 24.3 Å². The predicted octanol–water partition coefficient (Wildman–Crippen LogP) is 6.53. The summed E-state index contributed by atoms with van der Waals surface area (Å²) < 4.78 is 39.0. The maximum atomic E-state index is 13.0. The molecule has 0 heterocycles. The van der Waals surface area contributed by atoms with Crippen molar-refractivity contribution in [3.8, 4) is 11.5 Å². The summed E-state index contributed by atoms with van der Waals surface area (Å²) in [7, 11) is 0. The molecule has 0 aliphatic carbocycles. The second-order valence-corrected chi connectivity index (χ2v) is 7.56. The number of phenols is 2. The smallest absolute Gasteiger partial charge is 0.416 e. The summed E-state index contributed by atoms with van der Waals surface area (Å²) in [5.41, 5.74) is 4.52. The van der Waals surface area contributed by atoms with Crippen molar-refractivity contribution >= 4 is 0 Å². The fourth-order valence-corrected chi connectivity index (χ4v) is 3.75. The SMILES string of the molecule is Cc1cc(C(c2ccc(C(F)(F)F)cc2)c2cc(C)c(O)c(C)c2)cc(C)c1O. The van der Waals surface area contributed by atoms with Crippen molar-refractivity contribution in [3.05, 3.63) is 93.0 Å². The van der Waals surface area contributed by atoms with Crippen LogP contribution in [-0.2, 0) is 6.18 Å². The molecular weight excluding hydrogens is 377 g/mol. The maximum Gasteiger partial charge on any atom is 0.416 e. The number of alkyl halides is 3. The molecule has 3 rings (SSSR count). The second kappa shape index (κ2) is 7.47. The van der Waals surface area contributed by atoms with Crippen molar-refractivity contribution < 1.29 is 23.4 Å². The Morgan fingerprint density at radius 1 is 0.621 bits per heavy atom. The highest BCUT2D eigenvalue weighted by Crippen LogP contribution is 2.39. The van der Waals surface area contributed by atoms with Gasteiger partial charge in [-0.1, -0.05) is 36.4 Å². The molecular formula is C24H23F3O2. The molecule has 0 radical (unpaired) electrons. The third-order valence-electron chi connectivity index (χ3n) is 5.26. The molecule has 2 nitrogen and oxygen atoms in total. The monoisotopic (exact) mass is 400 g/mol. The van der Waals surface area contributed by atoms with Crippen LogP contribution in [0.2, 0.25) is 0 Å². The van der Waals surface area contributed by atoms with E-state index in [9.17, 15) is 23.4 Å². The minimum Gasteiger partial charge on any atom is -0.507 e. The molecule has 152 valence electrons. The molecule has 2 N–H and O–H groups in total. The summed E-state index contributed by atoms with van der Waals surface area (Å²) in [5, 5.41) is 20.3. The zero-order valence-electron chi connectivity index (χ0n) is 16.7. The summed E-state index contributed by atoms with van der Waals surface area (Å²) in [4.78, 5) is 0. The lowest BCUT2D eigenvalue weighted by atomic mass is 9.82. The van der Waals surface area contributed by atoms with E-state index in [0.29, 0.717) is 27.8 Å². The molecule has 0 saturated heterocycles. The molecule has 0 aliphatic rings. The third kappa shape index (κ3) is 4.09. The minimum absolute atomic E-state index is 0.206. The molecule has 3 aromatic rings. The normalized spacial score (nSPS) is 11.9. The van der Waals surface area contributed by atoms with Crippen molar-refractivity contribution in [1.29, 1.82) is 0 Å². The van der Waals surface area contributed by atoms with Gasteiger partial charge in [-0.2, -0.15) is 13.2 Å². The van der Waals surface area contributed by atoms with Crippen molar-refractivity contribution in [3.63, 3.8) is 0 Å². The Labute approximate surface area is 168 Å². The van der Waals surface area contributed by atoms with E-state index in [1.54, 1.807) is 27.7 Å². The number of rotatable bonds is 3. The van der Waals surface area contributed by atoms with Crippen LogP contribution in [0.5, 0.6) is 11.5 Å². The lowest BCUT2D eigenvalue weighted by Crippen LogP contribution is -2.08. The van der Waals surface area contributed by atoms with E-state index in [4.69, 9.17) is 0 Å². The molecule has 3 aromatic carbocycles. The van der Waals surface area contributed by atoms with E-state index in [1.165, 1.54) is 12.1 Å². The lowest BCUT2D eigenvalue weighted by Gasteiger charge is -2.22. The average molecular weight is 400 g/mol. The van der Waals surface area contributed by atoms with Gasteiger partial charge in [-0.3, -0.25) is 0 Å². The fraction of sp³-hybridized carbons (Fsp3) is 0.250. The van der Waals surface area contributed by atoms with Gasteiger partial charge in [-0.25, -0.2) is 0 Å². The van der Waals surface area contributed by atoms with Crippen LogP contribution in [0.25, 0.3) is 0 Å². The highest BCUT2D eigenvalue weighted by atomic mass is 19.4. The summed E-state index contributed by atoms with van der Waals surface area (Å²) in [5.74, 6) is 0.0734. The Balaban J connectivity index is 2.22. The van der Waals surface area contributed by atoms with Gasteiger partial charge in [-0.15, -0.1) is 0 Å². The Bertz CT molecular complexity index is 947. The average Bonchev–Trinajstić information content (AvgIpc) is 2.64. The summed E-state index contributed by atoms with van der Waals surface area (Å²) >= 11 is 0. The summed E-state index contributed by atoms with van der Waals surface area (Å²) in [6, 6.07) is 12.5. The van der Waals surface area contributed by atoms with Crippen LogP contribution in [0.15, 0.2) is 48.5 Å². The van der Waals surface area contributed by atoms with Crippen molar-refractivity contribution in [2.75, 3.05) is 0 Å². The molecule has 0 fully saturated rings. The number of hydrogen-bond acceptors (Lipinski definition) is 2. The third-order valence-corrected chi connectivity index (χ3v) is 5.26. The molecule has 0 aromatic heterocycles. The van der Waals surface area contributed by atoms with Crippen LogP contribution in [0.1, 0.15) is 50.4 Å². The van der Waals surface area contributed by atoms with Crippen LogP contribution < -0.4 is 0 Å². The Kier molecular flexibility index (Phi) is 5.35. The number of aromatic hydroxyl groups is 2. The molecule has 0 amide bonds. The minimum atomic E-state index is -4.40. The first-order valence-electron chi connectivity index (χ1n) is 9.26. The van der Waals surface area contributed by atoms with Crippen molar-refractivity contribution in [2.24, 2.45) is 0 Å². The quantitative estimate of drug-likeness (QED) is 0.491. The molecule has 0 atom stereocenters. The first kappa shape index (κ1) is 20.8. The van der Waals surface area contributed by atoms with Crippen LogP contribution in [-0.4, -0.2) is 10.2 Å². The van der Waals surface area contributed by atoms with E-state index < -0.39 is 11.7 Å². The Morgan fingerprint density at radius 2 is 0.966 bits per heavy atom. The number of hydrogen-bond donors (Lipinski definition) is 2. The zero-order valence-corrected chi connectivity index (χ0v) is 16.7. The van der Waals surface area contributed by atoms with Crippen LogP contribution in [0.4, 0.5) is 13.2 Å². The molecule has 0 bridgehead atoms. The van der Waals surface area contributed by atoms with Crippen LogP contribution in [0.3, 0.4) is 0 Å². The maximum absolute atomic E-state index is 13.0. The number of halogens is 3. The van der Waals surface area contributed by atoms with E-state index in [0.717, 1.165) is 23.3 Å². The molecule has 0 unspecified atom stereocenters. The van der Waals surface area contributed by atoms with Gasteiger partial charge in [0.1, 0.15) is 11.5 Å². The molecule has 0 aliphatic heterocycles. The van der Waals surface area contributed by atoms with E-state index in [2.05, 4.69) is 0 Å². The van der Waals surface area contributed by atoms with E-state index in [-0.39, 0.29) is 17.4 Å².